The van der Waals surface area contributed by atoms with Gasteiger partial charge < -0.3 is 16.0 Å². The second-order valence-corrected chi connectivity index (χ2v) is 9.09. The van der Waals surface area contributed by atoms with Gasteiger partial charge in [0.1, 0.15) is 0 Å². The van der Waals surface area contributed by atoms with Gasteiger partial charge >= 0.3 is 0 Å². The van der Waals surface area contributed by atoms with Crippen LogP contribution in [0, 0.1) is 0 Å². The molecule has 3 rings (SSSR count). The lowest BCUT2D eigenvalue weighted by molar-refractivity contribution is -0.127. The molecule has 1 atom stereocenters. The van der Waals surface area contributed by atoms with E-state index >= 15 is 0 Å². The van der Waals surface area contributed by atoms with Crippen LogP contribution in [0.4, 0.5) is 0 Å². The van der Waals surface area contributed by atoms with E-state index in [0.717, 1.165) is 4.31 Å². The van der Waals surface area contributed by atoms with E-state index in [1.807, 2.05) is 0 Å². The minimum absolute atomic E-state index is 0.0228. The number of sulfonamides is 1. The number of aromatic nitrogens is 1. The number of carbonyl (C=O) groups is 2. The van der Waals surface area contributed by atoms with E-state index in [2.05, 4.69) is 10.3 Å². The molecule has 1 aliphatic rings. The summed E-state index contributed by atoms with van der Waals surface area (Å²) in [5, 5.41) is 2.81. The predicted octanol–water partition coefficient (Wildman–Crippen LogP) is 0.936. The monoisotopic (exact) mass is 471 g/mol. The van der Waals surface area contributed by atoms with Crippen molar-refractivity contribution < 1.29 is 18.0 Å². The van der Waals surface area contributed by atoms with E-state index in [-0.39, 0.29) is 46.7 Å². The molecule has 0 bridgehead atoms. The molecule has 2 heterocycles. The highest BCUT2D eigenvalue weighted by molar-refractivity contribution is 7.89. The third-order valence-electron chi connectivity index (χ3n) is 4.47. The molecule has 3 N–H and O–H groups in total. The molecule has 1 aromatic carbocycles. The van der Waals surface area contributed by atoms with Gasteiger partial charge in [0.25, 0.3) is 11.8 Å². The molecule has 1 saturated heterocycles. The number of pyridine rings is 1. The highest BCUT2D eigenvalue weighted by Gasteiger charge is 2.46. The van der Waals surface area contributed by atoms with Crippen molar-refractivity contribution >= 4 is 45.0 Å². The Hall–Kier alpha value is -2.24. The Morgan fingerprint density at radius 3 is 2.60 bits per heavy atom. The molecule has 1 fully saturated rings. The van der Waals surface area contributed by atoms with Crippen LogP contribution in [0.3, 0.4) is 0 Å². The largest absolute Gasteiger partial charge is 0.352 e. The lowest BCUT2D eigenvalue weighted by Gasteiger charge is -2.28. The third kappa shape index (κ3) is 4.42. The lowest BCUT2D eigenvalue weighted by Crippen LogP contribution is -2.54. The number of hydrogen-bond acceptors (Lipinski definition) is 6. The van der Waals surface area contributed by atoms with E-state index in [0.29, 0.717) is 0 Å². The zero-order valence-corrected chi connectivity index (χ0v) is 18.0. The minimum atomic E-state index is -4.16. The van der Waals surface area contributed by atoms with Gasteiger partial charge in [-0.1, -0.05) is 23.2 Å². The molecule has 12 heteroatoms. The van der Waals surface area contributed by atoms with E-state index in [1.165, 1.54) is 35.5 Å². The summed E-state index contributed by atoms with van der Waals surface area (Å²) in [6.07, 6.45) is 1.48. The van der Waals surface area contributed by atoms with Gasteiger partial charge in [-0.3, -0.25) is 14.6 Å². The summed E-state index contributed by atoms with van der Waals surface area (Å²) in [5.41, 5.74) is 5.68. The Labute approximate surface area is 183 Å². The number of nitrogens with two attached hydrogens (primary N) is 1. The molecule has 2 amide bonds. The fourth-order valence-corrected chi connectivity index (χ4v) is 4.99. The molecule has 1 unspecified atom stereocenters. The van der Waals surface area contributed by atoms with Crippen molar-refractivity contribution in [3.63, 3.8) is 0 Å². The zero-order valence-electron chi connectivity index (χ0n) is 15.7. The van der Waals surface area contributed by atoms with E-state index in [1.54, 1.807) is 12.1 Å². The molecule has 0 aliphatic carbocycles. The van der Waals surface area contributed by atoms with Crippen molar-refractivity contribution in [1.29, 1.82) is 0 Å². The highest BCUT2D eigenvalue weighted by Crippen LogP contribution is 2.30. The molecule has 0 spiro atoms. The lowest BCUT2D eigenvalue weighted by atomic mass is 10.2. The number of nitrogens with one attached hydrogen (secondary N) is 1. The number of hydrogen-bond donors (Lipinski definition) is 2. The Kier molecular flexibility index (Phi) is 6.94. The number of nitrogens with zero attached hydrogens (tertiary/aromatic N) is 3. The standard InChI is InChI=1S/C18H19Cl2N5O4S/c19-14-4-3-13(10-15(14)20)30(28,29)25-9-8-24(17(25)16(26)23-7-5-21)18(27)12-2-1-6-22-11-12/h1-4,6,10-11,17H,5,7-9,21H2,(H,23,26). The Bertz CT molecular complexity index is 1050. The van der Waals surface area contributed by atoms with Crippen molar-refractivity contribution in [2.75, 3.05) is 26.2 Å². The van der Waals surface area contributed by atoms with Crippen LogP contribution >= 0.6 is 23.2 Å². The average molecular weight is 472 g/mol. The summed E-state index contributed by atoms with van der Waals surface area (Å²) >= 11 is 11.9. The Balaban J connectivity index is 1.99. The molecule has 0 saturated carbocycles. The molecule has 160 valence electrons. The van der Waals surface area contributed by atoms with Crippen LogP contribution in [-0.2, 0) is 14.8 Å². The molecular weight excluding hydrogens is 453 g/mol. The van der Waals surface area contributed by atoms with E-state index in [4.69, 9.17) is 28.9 Å². The van der Waals surface area contributed by atoms with Gasteiger partial charge in [0.2, 0.25) is 10.0 Å². The van der Waals surface area contributed by atoms with Crippen LogP contribution in [-0.4, -0.2) is 66.8 Å². The van der Waals surface area contributed by atoms with Crippen LogP contribution in [0.25, 0.3) is 0 Å². The number of amides is 2. The summed E-state index contributed by atoms with van der Waals surface area (Å²) in [4.78, 5) is 30.8. The first-order valence-corrected chi connectivity index (χ1v) is 11.1. The highest BCUT2D eigenvalue weighted by atomic mass is 35.5. The smallest absolute Gasteiger partial charge is 0.259 e. The van der Waals surface area contributed by atoms with Crippen LogP contribution < -0.4 is 11.1 Å². The van der Waals surface area contributed by atoms with Crippen LogP contribution in [0.15, 0.2) is 47.6 Å². The van der Waals surface area contributed by atoms with Crippen molar-refractivity contribution in [2.45, 2.75) is 11.1 Å². The summed E-state index contributed by atoms with van der Waals surface area (Å²) in [7, 11) is -4.16. The summed E-state index contributed by atoms with van der Waals surface area (Å²) in [6, 6.07) is 6.98. The van der Waals surface area contributed by atoms with Crippen LogP contribution in [0.5, 0.6) is 0 Å². The van der Waals surface area contributed by atoms with Crippen LogP contribution in [0.1, 0.15) is 10.4 Å². The predicted molar refractivity (Wildman–Crippen MR) is 111 cm³/mol. The van der Waals surface area contributed by atoms with Crippen molar-refractivity contribution in [1.82, 2.24) is 19.5 Å². The average Bonchev–Trinajstić information content (AvgIpc) is 3.20. The second-order valence-electron chi connectivity index (χ2n) is 6.39. The minimum Gasteiger partial charge on any atom is -0.352 e. The summed E-state index contributed by atoms with van der Waals surface area (Å²) in [5.74, 6) is -1.17. The topological polar surface area (TPSA) is 126 Å². The molecule has 30 heavy (non-hydrogen) atoms. The van der Waals surface area contributed by atoms with Crippen molar-refractivity contribution in [2.24, 2.45) is 5.73 Å². The molecule has 1 aromatic heterocycles. The van der Waals surface area contributed by atoms with Crippen molar-refractivity contribution in [3.05, 3.63) is 58.3 Å². The SMILES string of the molecule is NCCNC(=O)C1N(C(=O)c2cccnc2)CCN1S(=O)(=O)c1ccc(Cl)c(Cl)c1. The second kappa shape index (κ2) is 9.27. The first-order valence-electron chi connectivity index (χ1n) is 8.93. The van der Waals surface area contributed by atoms with Gasteiger partial charge in [-0.05, 0) is 30.3 Å². The quantitative estimate of drug-likeness (QED) is 0.645. The summed E-state index contributed by atoms with van der Waals surface area (Å²) < 4.78 is 27.5. The van der Waals surface area contributed by atoms with Gasteiger partial charge in [-0.2, -0.15) is 4.31 Å². The first kappa shape index (κ1) is 22.4. The summed E-state index contributed by atoms with van der Waals surface area (Å²) in [6.45, 7) is 0.240. The van der Waals surface area contributed by atoms with Gasteiger partial charge in [0.15, 0.2) is 6.17 Å². The van der Waals surface area contributed by atoms with Gasteiger partial charge in [0.05, 0.1) is 20.5 Å². The Morgan fingerprint density at radius 2 is 1.97 bits per heavy atom. The molecule has 2 aromatic rings. The molecular formula is C18H19Cl2N5O4S. The maximum absolute atomic E-state index is 13.3. The van der Waals surface area contributed by atoms with Gasteiger partial charge in [0, 0.05) is 38.6 Å². The Morgan fingerprint density at radius 1 is 1.20 bits per heavy atom. The third-order valence-corrected chi connectivity index (χ3v) is 7.06. The van der Waals surface area contributed by atoms with Crippen LogP contribution in [0.2, 0.25) is 10.0 Å². The van der Waals surface area contributed by atoms with Gasteiger partial charge in [-0.15, -0.1) is 0 Å². The fraction of sp³-hybridized carbons (Fsp3) is 0.278. The maximum atomic E-state index is 13.3. The maximum Gasteiger partial charge on any atom is 0.259 e. The van der Waals surface area contributed by atoms with Crippen molar-refractivity contribution in [3.8, 4) is 0 Å². The number of halogens is 2. The first-order chi connectivity index (χ1) is 14.3. The molecule has 0 radical (unpaired) electrons. The van der Waals surface area contributed by atoms with E-state index < -0.39 is 28.0 Å². The molecule has 1 aliphatic heterocycles. The zero-order chi connectivity index (χ0) is 21.9. The fourth-order valence-electron chi connectivity index (χ4n) is 3.06. The number of carbonyl (C=O) groups excluding carboxylic acids is 2. The molecule has 9 nitrogen and oxygen atoms in total. The normalized spacial score (nSPS) is 17.2. The van der Waals surface area contributed by atoms with Gasteiger partial charge in [-0.25, -0.2) is 8.42 Å². The van der Waals surface area contributed by atoms with E-state index in [9.17, 15) is 18.0 Å². The number of benzene rings is 1. The number of rotatable bonds is 6.